The fourth-order valence-electron chi connectivity index (χ4n) is 2.06. The van der Waals surface area contributed by atoms with Crippen LogP contribution in [0, 0.1) is 17.0 Å². The van der Waals surface area contributed by atoms with Gasteiger partial charge in [-0.15, -0.1) is 0 Å². The van der Waals surface area contributed by atoms with Gasteiger partial charge in [0, 0.05) is 12.4 Å². The van der Waals surface area contributed by atoms with E-state index in [0.717, 1.165) is 11.4 Å². The summed E-state index contributed by atoms with van der Waals surface area (Å²) in [6.07, 6.45) is 3.21. The predicted octanol–water partition coefficient (Wildman–Crippen LogP) is 2.87. The summed E-state index contributed by atoms with van der Waals surface area (Å²) in [7, 11) is 1.47. The van der Waals surface area contributed by atoms with Crippen LogP contribution in [-0.4, -0.2) is 22.0 Å². The molecular formula is C14H16N4O3. The fourth-order valence-corrected chi connectivity index (χ4v) is 2.06. The number of nitro benzene ring substituents is 1. The second kappa shape index (κ2) is 6.17. The third kappa shape index (κ3) is 3.25. The van der Waals surface area contributed by atoms with Gasteiger partial charge >= 0.3 is 0 Å². The van der Waals surface area contributed by atoms with Crippen molar-refractivity contribution in [3.8, 4) is 5.75 Å². The van der Waals surface area contributed by atoms with Gasteiger partial charge in [-0.05, 0) is 26.0 Å². The van der Waals surface area contributed by atoms with E-state index in [0.29, 0.717) is 11.4 Å². The summed E-state index contributed by atoms with van der Waals surface area (Å²) in [5.41, 5.74) is 1.91. The molecule has 21 heavy (non-hydrogen) atoms. The van der Waals surface area contributed by atoms with Crippen LogP contribution in [0.25, 0.3) is 0 Å². The Morgan fingerprint density at radius 2 is 2.05 bits per heavy atom. The molecule has 0 saturated carbocycles. The summed E-state index contributed by atoms with van der Waals surface area (Å²) < 4.78 is 5.01. The Morgan fingerprint density at radius 3 is 2.67 bits per heavy atom. The Bertz CT molecular complexity index is 660. The van der Waals surface area contributed by atoms with Gasteiger partial charge in [-0.1, -0.05) is 0 Å². The van der Waals surface area contributed by atoms with Crippen LogP contribution in [0.2, 0.25) is 0 Å². The lowest BCUT2D eigenvalue weighted by Crippen LogP contribution is -2.12. The number of rotatable bonds is 5. The van der Waals surface area contributed by atoms with Gasteiger partial charge in [-0.2, -0.15) is 0 Å². The maximum absolute atomic E-state index is 11.2. The molecular weight excluding hydrogens is 272 g/mol. The van der Waals surface area contributed by atoms with E-state index in [-0.39, 0.29) is 11.7 Å². The molecule has 7 heteroatoms. The van der Waals surface area contributed by atoms with Gasteiger partial charge in [0.2, 0.25) is 0 Å². The van der Waals surface area contributed by atoms with Crippen LogP contribution in [0.1, 0.15) is 24.4 Å². The average molecular weight is 288 g/mol. The van der Waals surface area contributed by atoms with E-state index in [4.69, 9.17) is 4.74 Å². The summed E-state index contributed by atoms with van der Waals surface area (Å²) in [5, 5.41) is 14.3. The van der Waals surface area contributed by atoms with Gasteiger partial charge in [0.05, 0.1) is 35.5 Å². The number of hydrogen-bond acceptors (Lipinski definition) is 6. The molecule has 0 aliphatic rings. The number of methoxy groups -OCH3 is 1. The van der Waals surface area contributed by atoms with Crippen molar-refractivity contribution in [1.82, 2.24) is 9.97 Å². The summed E-state index contributed by atoms with van der Waals surface area (Å²) in [6, 6.07) is 4.48. The highest BCUT2D eigenvalue weighted by Crippen LogP contribution is 2.31. The molecule has 1 heterocycles. The van der Waals surface area contributed by atoms with Crippen molar-refractivity contribution in [2.75, 3.05) is 12.4 Å². The topological polar surface area (TPSA) is 90.2 Å². The lowest BCUT2D eigenvalue weighted by atomic mass is 10.1. The molecule has 2 aromatic rings. The van der Waals surface area contributed by atoms with Crippen molar-refractivity contribution in [3.05, 3.63) is 52.1 Å². The lowest BCUT2D eigenvalue weighted by Gasteiger charge is -2.16. The third-order valence-electron chi connectivity index (χ3n) is 3.10. The van der Waals surface area contributed by atoms with Crippen LogP contribution in [0.15, 0.2) is 30.6 Å². The van der Waals surface area contributed by atoms with Gasteiger partial charge < -0.3 is 10.1 Å². The zero-order valence-electron chi connectivity index (χ0n) is 12.0. The van der Waals surface area contributed by atoms with Crippen molar-refractivity contribution in [2.45, 2.75) is 19.9 Å². The molecule has 1 atom stereocenters. The first-order chi connectivity index (χ1) is 10.0. The molecule has 0 amide bonds. The maximum Gasteiger partial charge on any atom is 0.296 e. The second-order valence-corrected chi connectivity index (χ2v) is 4.53. The van der Waals surface area contributed by atoms with E-state index in [9.17, 15) is 10.1 Å². The number of hydrogen-bond donors (Lipinski definition) is 1. The molecule has 0 saturated heterocycles. The van der Waals surface area contributed by atoms with Crippen LogP contribution >= 0.6 is 0 Å². The molecule has 1 N–H and O–H groups in total. The van der Waals surface area contributed by atoms with E-state index in [2.05, 4.69) is 15.3 Å². The molecule has 1 unspecified atom stereocenters. The Hall–Kier alpha value is -2.70. The predicted molar refractivity (Wildman–Crippen MR) is 78.5 cm³/mol. The quantitative estimate of drug-likeness (QED) is 0.672. The SMILES string of the molecule is COc1ccc(NC(C)c2nccnc2C)c([N+](=O)[O-])c1. The van der Waals surface area contributed by atoms with E-state index in [1.54, 1.807) is 24.5 Å². The van der Waals surface area contributed by atoms with Gasteiger partial charge in [0.25, 0.3) is 5.69 Å². The number of nitrogens with one attached hydrogen (secondary N) is 1. The molecule has 0 aliphatic carbocycles. The Balaban J connectivity index is 2.31. The van der Waals surface area contributed by atoms with Crippen molar-refractivity contribution in [2.24, 2.45) is 0 Å². The van der Waals surface area contributed by atoms with Crippen molar-refractivity contribution in [3.63, 3.8) is 0 Å². The standard InChI is InChI=1S/C14H16N4O3/c1-9-14(16-7-6-15-9)10(2)17-12-5-4-11(21-3)8-13(12)18(19)20/h4-8,10,17H,1-3H3. The first-order valence-corrected chi connectivity index (χ1v) is 6.39. The molecule has 0 bridgehead atoms. The fraction of sp³-hybridized carbons (Fsp3) is 0.286. The number of nitro groups is 1. The molecule has 0 spiro atoms. The minimum absolute atomic E-state index is 0.0391. The minimum atomic E-state index is -0.443. The highest BCUT2D eigenvalue weighted by atomic mass is 16.6. The normalized spacial score (nSPS) is 11.8. The van der Waals surface area contributed by atoms with Crippen molar-refractivity contribution in [1.29, 1.82) is 0 Å². The molecule has 0 fully saturated rings. The highest BCUT2D eigenvalue weighted by molar-refractivity contribution is 5.64. The summed E-state index contributed by atoms with van der Waals surface area (Å²) in [4.78, 5) is 19.1. The van der Waals surface area contributed by atoms with E-state index in [1.165, 1.54) is 13.2 Å². The molecule has 1 aromatic carbocycles. The van der Waals surface area contributed by atoms with Crippen molar-refractivity contribution < 1.29 is 9.66 Å². The zero-order valence-corrected chi connectivity index (χ0v) is 12.0. The second-order valence-electron chi connectivity index (χ2n) is 4.53. The van der Waals surface area contributed by atoms with Crippen LogP contribution < -0.4 is 10.1 Å². The molecule has 0 aliphatic heterocycles. The van der Waals surface area contributed by atoms with Crippen LogP contribution in [0.5, 0.6) is 5.75 Å². The monoisotopic (exact) mass is 288 g/mol. The molecule has 2 rings (SSSR count). The van der Waals surface area contributed by atoms with E-state index >= 15 is 0 Å². The third-order valence-corrected chi connectivity index (χ3v) is 3.10. The largest absolute Gasteiger partial charge is 0.496 e. The maximum atomic E-state index is 11.2. The number of aryl methyl sites for hydroxylation is 1. The zero-order chi connectivity index (χ0) is 15.4. The van der Waals surface area contributed by atoms with E-state index in [1.807, 2.05) is 13.8 Å². The van der Waals surface area contributed by atoms with Crippen LogP contribution in [-0.2, 0) is 0 Å². The number of anilines is 1. The molecule has 1 aromatic heterocycles. The first kappa shape index (κ1) is 14.7. The van der Waals surface area contributed by atoms with Crippen LogP contribution in [0.3, 0.4) is 0 Å². The average Bonchev–Trinajstić information content (AvgIpc) is 2.47. The molecule has 110 valence electrons. The summed E-state index contributed by atoms with van der Waals surface area (Å²) in [5.74, 6) is 0.440. The van der Waals surface area contributed by atoms with Crippen molar-refractivity contribution >= 4 is 11.4 Å². The molecule has 7 nitrogen and oxygen atoms in total. The van der Waals surface area contributed by atoms with Gasteiger partial charge in [-0.25, -0.2) is 0 Å². The summed E-state index contributed by atoms with van der Waals surface area (Å²) in [6.45, 7) is 3.73. The summed E-state index contributed by atoms with van der Waals surface area (Å²) >= 11 is 0. The Kier molecular flexibility index (Phi) is 4.32. The van der Waals surface area contributed by atoms with Gasteiger partial charge in [0.1, 0.15) is 11.4 Å². The number of nitrogens with zero attached hydrogens (tertiary/aromatic N) is 3. The lowest BCUT2D eigenvalue weighted by molar-refractivity contribution is -0.384. The van der Waals surface area contributed by atoms with E-state index < -0.39 is 4.92 Å². The molecule has 0 radical (unpaired) electrons. The Morgan fingerprint density at radius 1 is 1.33 bits per heavy atom. The minimum Gasteiger partial charge on any atom is -0.496 e. The smallest absolute Gasteiger partial charge is 0.296 e. The number of benzene rings is 1. The Labute approximate surface area is 122 Å². The number of ether oxygens (including phenoxy) is 1. The number of aromatic nitrogens is 2. The first-order valence-electron chi connectivity index (χ1n) is 6.39. The van der Waals surface area contributed by atoms with Gasteiger partial charge in [-0.3, -0.25) is 20.1 Å². The highest BCUT2D eigenvalue weighted by Gasteiger charge is 2.18. The van der Waals surface area contributed by atoms with Crippen LogP contribution in [0.4, 0.5) is 11.4 Å². The van der Waals surface area contributed by atoms with Gasteiger partial charge in [0.15, 0.2) is 0 Å².